The van der Waals surface area contributed by atoms with Gasteiger partial charge in [0.2, 0.25) is 5.91 Å². The zero-order chi connectivity index (χ0) is 20.7. The van der Waals surface area contributed by atoms with Gasteiger partial charge in [0.1, 0.15) is 5.82 Å². The van der Waals surface area contributed by atoms with Crippen molar-refractivity contribution >= 4 is 23.0 Å². The predicted octanol–water partition coefficient (Wildman–Crippen LogP) is 4.01. The Labute approximate surface area is 174 Å². The molecule has 5 nitrogen and oxygen atoms in total. The molecule has 2 aliphatic heterocycles. The van der Waals surface area contributed by atoms with E-state index in [1.807, 2.05) is 18.3 Å². The fourth-order valence-corrected chi connectivity index (χ4v) is 4.76. The van der Waals surface area contributed by atoms with Crippen LogP contribution in [0.25, 0.3) is 16.6 Å². The van der Waals surface area contributed by atoms with Crippen molar-refractivity contribution in [1.29, 1.82) is 0 Å². The van der Waals surface area contributed by atoms with E-state index in [1.165, 1.54) is 23.4 Å². The maximum Gasteiger partial charge on any atom is 0.217 e. The quantitative estimate of drug-likeness (QED) is 0.697. The molecule has 1 aromatic heterocycles. The maximum atomic E-state index is 13.7. The molecule has 1 saturated heterocycles. The normalized spacial score (nSPS) is 16.3. The van der Waals surface area contributed by atoms with Crippen LogP contribution in [0.3, 0.4) is 0 Å². The molecule has 0 saturated carbocycles. The predicted molar refractivity (Wildman–Crippen MR) is 115 cm³/mol. The Hall–Kier alpha value is -2.99. The van der Waals surface area contributed by atoms with Gasteiger partial charge in [-0.1, -0.05) is 0 Å². The average Bonchev–Trinajstić information content (AvgIpc) is 3.33. The number of nitrogens with zero attached hydrogens (tertiary/aromatic N) is 2. The Kier molecular flexibility index (Phi) is 4.87. The van der Waals surface area contributed by atoms with Gasteiger partial charge >= 0.3 is 0 Å². The SMILES string of the molecule is NC(=O)CCc1c(C2CCOCC2)n(-c2ccc(F)cc2)c2cc3c(cc12)CN=C3. The molecule has 5 rings (SSSR count). The van der Waals surface area contributed by atoms with Gasteiger partial charge in [-0.3, -0.25) is 9.79 Å². The van der Waals surface area contributed by atoms with Gasteiger partial charge in [0.25, 0.3) is 0 Å². The minimum Gasteiger partial charge on any atom is -0.381 e. The number of halogens is 1. The van der Waals surface area contributed by atoms with Gasteiger partial charge in [0.15, 0.2) is 0 Å². The zero-order valence-electron chi connectivity index (χ0n) is 16.7. The van der Waals surface area contributed by atoms with E-state index in [0.717, 1.165) is 40.6 Å². The molecular weight excluding hydrogens is 381 g/mol. The third-order valence-electron chi connectivity index (χ3n) is 6.18. The van der Waals surface area contributed by atoms with Crippen LogP contribution < -0.4 is 5.73 Å². The second-order valence-electron chi connectivity index (χ2n) is 8.07. The number of rotatable bonds is 5. The van der Waals surface area contributed by atoms with Crippen LogP contribution in [-0.2, 0) is 22.5 Å². The second-order valence-corrected chi connectivity index (χ2v) is 8.07. The Morgan fingerprint density at radius 2 is 1.97 bits per heavy atom. The molecule has 0 radical (unpaired) electrons. The highest BCUT2D eigenvalue weighted by Gasteiger charge is 2.28. The van der Waals surface area contributed by atoms with Crippen molar-refractivity contribution in [2.24, 2.45) is 10.7 Å². The van der Waals surface area contributed by atoms with Crippen LogP contribution in [0.1, 0.15) is 47.6 Å². The summed E-state index contributed by atoms with van der Waals surface area (Å²) in [5.41, 5.74) is 12.2. The number of hydrogen-bond acceptors (Lipinski definition) is 3. The van der Waals surface area contributed by atoms with Crippen molar-refractivity contribution in [3.8, 4) is 5.69 Å². The molecular formula is C24H24FN3O2. The number of fused-ring (bicyclic) bond motifs is 2. The molecule has 0 unspecified atom stereocenters. The molecule has 0 bridgehead atoms. The van der Waals surface area contributed by atoms with Crippen molar-refractivity contribution < 1.29 is 13.9 Å². The topological polar surface area (TPSA) is 69.6 Å². The third kappa shape index (κ3) is 3.31. The van der Waals surface area contributed by atoms with Crippen LogP contribution in [-0.4, -0.2) is 29.9 Å². The van der Waals surface area contributed by atoms with E-state index in [-0.39, 0.29) is 11.7 Å². The van der Waals surface area contributed by atoms with Crippen LogP contribution in [0, 0.1) is 5.82 Å². The lowest BCUT2D eigenvalue weighted by atomic mass is 9.90. The first-order valence-corrected chi connectivity index (χ1v) is 10.4. The summed E-state index contributed by atoms with van der Waals surface area (Å²) in [6.07, 6.45) is 4.64. The monoisotopic (exact) mass is 405 g/mol. The highest BCUT2D eigenvalue weighted by Crippen LogP contribution is 2.40. The smallest absolute Gasteiger partial charge is 0.217 e. The molecule has 1 fully saturated rings. The number of aryl methyl sites for hydroxylation is 1. The lowest BCUT2D eigenvalue weighted by Crippen LogP contribution is -2.19. The maximum absolute atomic E-state index is 13.7. The molecule has 0 spiro atoms. The molecule has 30 heavy (non-hydrogen) atoms. The van der Waals surface area contributed by atoms with Crippen molar-refractivity contribution in [2.45, 2.75) is 38.1 Å². The zero-order valence-corrected chi connectivity index (χ0v) is 16.7. The third-order valence-corrected chi connectivity index (χ3v) is 6.18. The van der Waals surface area contributed by atoms with Crippen LogP contribution in [0.15, 0.2) is 41.4 Å². The van der Waals surface area contributed by atoms with Crippen LogP contribution >= 0.6 is 0 Å². The first-order chi connectivity index (χ1) is 14.6. The minimum atomic E-state index is -0.305. The lowest BCUT2D eigenvalue weighted by Gasteiger charge is -2.25. The molecule has 2 N–H and O–H groups in total. The summed E-state index contributed by atoms with van der Waals surface area (Å²) in [6.45, 7) is 2.11. The van der Waals surface area contributed by atoms with E-state index in [9.17, 15) is 9.18 Å². The van der Waals surface area contributed by atoms with Gasteiger partial charge in [-0.2, -0.15) is 0 Å². The fraction of sp³-hybridized carbons (Fsp3) is 0.333. The number of carbonyl (C=O) groups is 1. The summed E-state index contributed by atoms with van der Waals surface area (Å²) in [6, 6.07) is 11.0. The molecule has 2 aliphatic rings. The summed E-state index contributed by atoms with van der Waals surface area (Å²) in [7, 11) is 0. The van der Waals surface area contributed by atoms with Gasteiger partial charge in [-0.15, -0.1) is 0 Å². The van der Waals surface area contributed by atoms with Gasteiger partial charge in [0.05, 0.1) is 12.1 Å². The molecule has 3 aromatic rings. The van der Waals surface area contributed by atoms with Gasteiger partial charge in [-0.25, -0.2) is 4.39 Å². The van der Waals surface area contributed by atoms with Crippen molar-refractivity contribution in [3.63, 3.8) is 0 Å². The van der Waals surface area contributed by atoms with Crippen molar-refractivity contribution in [1.82, 2.24) is 4.57 Å². The van der Waals surface area contributed by atoms with Crippen LogP contribution in [0.2, 0.25) is 0 Å². The Balaban J connectivity index is 1.79. The standard InChI is InChI=1S/C24H24FN3O2/c25-18-1-3-19(4-2-18)28-22-12-17-14-27-13-16(17)11-21(22)20(5-6-23(26)29)24(28)15-7-9-30-10-8-15/h1-4,11-12,14-15H,5-10,13H2,(H2,26,29). The van der Waals surface area contributed by atoms with Crippen LogP contribution in [0.5, 0.6) is 0 Å². The molecule has 154 valence electrons. The number of hydrogen-bond donors (Lipinski definition) is 1. The number of primary amides is 1. The molecule has 2 aromatic carbocycles. The summed E-state index contributed by atoms with van der Waals surface area (Å²) in [5.74, 6) is -0.257. The largest absolute Gasteiger partial charge is 0.381 e. The number of carbonyl (C=O) groups excluding carboxylic acids is 1. The van der Waals surface area contributed by atoms with E-state index in [0.29, 0.717) is 38.5 Å². The van der Waals surface area contributed by atoms with Crippen LogP contribution in [0.4, 0.5) is 4.39 Å². The van der Waals surface area contributed by atoms with Gasteiger partial charge < -0.3 is 15.0 Å². The summed E-state index contributed by atoms with van der Waals surface area (Å²) in [5, 5.41) is 1.13. The average molecular weight is 405 g/mol. The first kappa shape index (κ1) is 19.0. The first-order valence-electron chi connectivity index (χ1n) is 10.4. The Bertz CT molecular complexity index is 1140. The van der Waals surface area contributed by atoms with Gasteiger partial charge in [0, 0.05) is 48.5 Å². The van der Waals surface area contributed by atoms with E-state index in [4.69, 9.17) is 10.5 Å². The number of ether oxygens (including phenoxy) is 1. The number of benzene rings is 2. The Morgan fingerprint density at radius 3 is 2.70 bits per heavy atom. The Morgan fingerprint density at radius 1 is 1.20 bits per heavy atom. The fourth-order valence-electron chi connectivity index (χ4n) is 4.76. The highest BCUT2D eigenvalue weighted by atomic mass is 19.1. The molecule has 0 aliphatic carbocycles. The van der Waals surface area contributed by atoms with E-state index in [2.05, 4.69) is 21.7 Å². The number of amides is 1. The highest BCUT2D eigenvalue weighted by molar-refractivity contribution is 5.96. The molecule has 3 heterocycles. The number of aliphatic imine (C=N–C) groups is 1. The van der Waals surface area contributed by atoms with Gasteiger partial charge in [-0.05, 0) is 72.4 Å². The summed E-state index contributed by atoms with van der Waals surface area (Å²) < 4.78 is 21.5. The van der Waals surface area contributed by atoms with Crippen molar-refractivity contribution in [2.75, 3.05) is 13.2 Å². The number of nitrogens with two attached hydrogens (primary N) is 1. The summed E-state index contributed by atoms with van der Waals surface area (Å²) in [4.78, 5) is 16.0. The molecule has 0 atom stereocenters. The van der Waals surface area contributed by atoms with Crippen molar-refractivity contribution in [3.05, 3.63) is 64.6 Å². The number of aromatic nitrogens is 1. The second kappa shape index (κ2) is 7.69. The molecule has 6 heteroatoms. The lowest BCUT2D eigenvalue weighted by molar-refractivity contribution is -0.117. The molecule has 1 amide bonds. The summed E-state index contributed by atoms with van der Waals surface area (Å²) >= 11 is 0. The minimum absolute atomic E-state index is 0.259. The van der Waals surface area contributed by atoms with E-state index in [1.54, 1.807) is 0 Å². The van der Waals surface area contributed by atoms with E-state index < -0.39 is 0 Å². The van der Waals surface area contributed by atoms with E-state index >= 15 is 0 Å².